The summed E-state index contributed by atoms with van der Waals surface area (Å²) >= 11 is 0. The Morgan fingerprint density at radius 3 is 2.50 bits per heavy atom. The number of nitrogens with one attached hydrogen (secondary N) is 1. The quantitative estimate of drug-likeness (QED) is 0.751. The molecule has 0 aromatic rings. The normalized spacial score (nSPS) is 27.2. The number of ether oxygens (including phenoxy) is 1. The zero-order valence-electron chi connectivity index (χ0n) is 11.5. The van der Waals surface area contributed by atoms with E-state index in [0.717, 1.165) is 19.7 Å². The van der Waals surface area contributed by atoms with Gasteiger partial charge in [-0.2, -0.15) is 0 Å². The van der Waals surface area contributed by atoms with Crippen LogP contribution in [0.4, 0.5) is 0 Å². The second kappa shape index (κ2) is 6.58. The van der Waals surface area contributed by atoms with Crippen LogP contribution in [-0.4, -0.2) is 48.8 Å². The van der Waals surface area contributed by atoms with E-state index in [4.69, 9.17) is 4.74 Å². The third-order valence-electron chi connectivity index (χ3n) is 3.23. The van der Waals surface area contributed by atoms with Crippen molar-refractivity contribution in [3.8, 4) is 0 Å². The van der Waals surface area contributed by atoms with E-state index in [1.54, 1.807) is 0 Å². The summed E-state index contributed by atoms with van der Waals surface area (Å²) < 4.78 is 5.76. The smallest absolute Gasteiger partial charge is 0.0626 e. The predicted molar refractivity (Wildman–Crippen MR) is 68.8 cm³/mol. The lowest BCUT2D eigenvalue weighted by molar-refractivity contribution is 0.0299. The number of hydrogen-bond acceptors (Lipinski definition) is 3. The molecule has 0 bridgehead atoms. The van der Waals surface area contributed by atoms with E-state index in [0.29, 0.717) is 24.2 Å². The molecule has 16 heavy (non-hydrogen) atoms. The first kappa shape index (κ1) is 13.9. The van der Waals surface area contributed by atoms with Gasteiger partial charge < -0.3 is 10.1 Å². The van der Waals surface area contributed by atoms with Gasteiger partial charge >= 0.3 is 0 Å². The summed E-state index contributed by atoms with van der Waals surface area (Å²) in [5, 5.41) is 3.55. The Morgan fingerprint density at radius 2 is 2.00 bits per heavy atom. The van der Waals surface area contributed by atoms with Gasteiger partial charge in [0, 0.05) is 24.7 Å². The van der Waals surface area contributed by atoms with Crippen molar-refractivity contribution in [1.82, 2.24) is 10.2 Å². The molecule has 1 aliphatic heterocycles. The molecule has 0 aromatic carbocycles. The molecular formula is C13H28N2O. The summed E-state index contributed by atoms with van der Waals surface area (Å²) in [6, 6.07) is 1.85. The Morgan fingerprint density at radius 1 is 1.31 bits per heavy atom. The topological polar surface area (TPSA) is 24.5 Å². The Balaban J connectivity index is 2.45. The molecule has 1 saturated heterocycles. The van der Waals surface area contributed by atoms with Gasteiger partial charge in [0.15, 0.2) is 0 Å². The summed E-state index contributed by atoms with van der Waals surface area (Å²) in [5.41, 5.74) is 0. The second-order valence-electron chi connectivity index (χ2n) is 5.32. The molecule has 96 valence electrons. The second-order valence-corrected chi connectivity index (χ2v) is 5.32. The lowest BCUT2D eigenvalue weighted by Crippen LogP contribution is -2.39. The maximum atomic E-state index is 5.76. The van der Waals surface area contributed by atoms with Crippen LogP contribution in [0.5, 0.6) is 0 Å². The first-order valence-electron chi connectivity index (χ1n) is 6.65. The zero-order chi connectivity index (χ0) is 12.1. The highest BCUT2D eigenvalue weighted by Crippen LogP contribution is 2.21. The highest BCUT2D eigenvalue weighted by Gasteiger charge is 2.33. The average Bonchev–Trinajstić information content (AvgIpc) is 2.59. The summed E-state index contributed by atoms with van der Waals surface area (Å²) in [7, 11) is 0. The van der Waals surface area contributed by atoms with Crippen LogP contribution in [0.1, 0.15) is 41.0 Å². The molecule has 0 saturated carbocycles. The van der Waals surface area contributed by atoms with Gasteiger partial charge in [0.25, 0.3) is 0 Å². The van der Waals surface area contributed by atoms with Crippen molar-refractivity contribution in [3.05, 3.63) is 0 Å². The van der Waals surface area contributed by atoms with Crippen molar-refractivity contribution >= 4 is 0 Å². The number of rotatable bonds is 6. The van der Waals surface area contributed by atoms with Crippen LogP contribution in [0, 0.1) is 0 Å². The van der Waals surface area contributed by atoms with Crippen molar-refractivity contribution in [2.75, 3.05) is 19.7 Å². The summed E-state index contributed by atoms with van der Waals surface area (Å²) in [6.07, 6.45) is 1.56. The molecule has 1 aliphatic rings. The Bertz CT molecular complexity index is 194. The number of nitrogens with zero attached hydrogens (tertiary/aromatic N) is 1. The summed E-state index contributed by atoms with van der Waals surface area (Å²) in [6.45, 7) is 14.0. The first-order valence-corrected chi connectivity index (χ1v) is 6.65. The number of likely N-dealkylation sites (tertiary alicyclic amines) is 1. The third kappa shape index (κ3) is 4.04. The van der Waals surface area contributed by atoms with Crippen molar-refractivity contribution < 1.29 is 4.74 Å². The van der Waals surface area contributed by atoms with Gasteiger partial charge in [-0.1, -0.05) is 6.92 Å². The molecule has 0 aromatic heterocycles. The molecule has 1 rings (SSSR count). The fourth-order valence-corrected chi connectivity index (χ4v) is 2.48. The van der Waals surface area contributed by atoms with Crippen LogP contribution in [0.2, 0.25) is 0 Å². The maximum absolute atomic E-state index is 5.76. The van der Waals surface area contributed by atoms with Crippen molar-refractivity contribution in [2.45, 2.75) is 65.3 Å². The molecule has 0 radical (unpaired) electrons. The van der Waals surface area contributed by atoms with Crippen LogP contribution in [0.15, 0.2) is 0 Å². The number of hydrogen-bond donors (Lipinski definition) is 1. The van der Waals surface area contributed by atoms with Gasteiger partial charge in [0.1, 0.15) is 0 Å². The minimum absolute atomic E-state index is 0.340. The van der Waals surface area contributed by atoms with Gasteiger partial charge in [0.2, 0.25) is 0 Å². The van der Waals surface area contributed by atoms with E-state index in [1.165, 1.54) is 6.42 Å². The van der Waals surface area contributed by atoms with E-state index in [-0.39, 0.29) is 0 Å². The lowest BCUT2D eigenvalue weighted by Gasteiger charge is -2.28. The van der Waals surface area contributed by atoms with Crippen LogP contribution in [-0.2, 0) is 4.74 Å². The van der Waals surface area contributed by atoms with Gasteiger partial charge in [0.05, 0.1) is 12.7 Å². The van der Waals surface area contributed by atoms with E-state index in [9.17, 15) is 0 Å². The molecule has 2 atom stereocenters. The fourth-order valence-electron chi connectivity index (χ4n) is 2.48. The van der Waals surface area contributed by atoms with Gasteiger partial charge in [-0.3, -0.25) is 4.90 Å². The Labute approximate surface area is 101 Å². The molecule has 0 amide bonds. The minimum atomic E-state index is 0.340. The first-order chi connectivity index (χ1) is 7.54. The highest BCUT2D eigenvalue weighted by molar-refractivity contribution is 4.90. The third-order valence-corrected chi connectivity index (χ3v) is 3.23. The fraction of sp³-hybridized carbons (Fsp3) is 1.00. The predicted octanol–water partition coefficient (Wildman–Crippen LogP) is 1.87. The lowest BCUT2D eigenvalue weighted by atomic mass is 10.1. The van der Waals surface area contributed by atoms with E-state index < -0.39 is 0 Å². The Hall–Kier alpha value is -0.120. The van der Waals surface area contributed by atoms with Crippen molar-refractivity contribution in [2.24, 2.45) is 0 Å². The summed E-state index contributed by atoms with van der Waals surface area (Å²) in [4.78, 5) is 2.57. The van der Waals surface area contributed by atoms with Crippen LogP contribution >= 0.6 is 0 Å². The van der Waals surface area contributed by atoms with Crippen molar-refractivity contribution in [3.63, 3.8) is 0 Å². The zero-order valence-corrected chi connectivity index (χ0v) is 11.5. The molecule has 0 aliphatic carbocycles. The molecule has 1 heterocycles. The molecule has 1 fully saturated rings. The van der Waals surface area contributed by atoms with Gasteiger partial charge in [-0.15, -0.1) is 0 Å². The minimum Gasteiger partial charge on any atom is -0.377 e. The van der Waals surface area contributed by atoms with Gasteiger partial charge in [-0.05, 0) is 40.7 Å². The van der Waals surface area contributed by atoms with E-state index in [1.807, 2.05) is 0 Å². The molecule has 3 heteroatoms. The van der Waals surface area contributed by atoms with E-state index >= 15 is 0 Å². The standard InChI is InChI=1S/C13H28N2O/c1-6-14-12-7-13(9-16-11(4)5)15(8-12)10(2)3/h10-14H,6-9H2,1-5H3/t12?,13-/m0/s1. The van der Waals surface area contributed by atoms with Gasteiger partial charge in [-0.25, -0.2) is 0 Å². The van der Waals surface area contributed by atoms with Crippen LogP contribution in [0.25, 0.3) is 0 Å². The molecule has 1 unspecified atom stereocenters. The Kier molecular flexibility index (Phi) is 5.73. The molecule has 1 N–H and O–H groups in total. The van der Waals surface area contributed by atoms with E-state index in [2.05, 4.69) is 44.8 Å². The summed E-state index contributed by atoms with van der Waals surface area (Å²) in [5.74, 6) is 0. The van der Waals surface area contributed by atoms with Crippen LogP contribution in [0.3, 0.4) is 0 Å². The molecule has 3 nitrogen and oxygen atoms in total. The molecular weight excluding hydrogens is 200 g/mol. The monoisotopic (exact) mass is 228 g/mol. The molecule has 0 spiro atoms. The highest BCUT2D eigenvalue weighted by atomic mass is 16.5. The number of likely N-dealkylation sites (N-methyl/N-ethyl adjacent to an activating group) is 1. The van der Waals surface area contributed by atoms with Crippen LogP contribution < -0.4 is 5.32 Å². The SMILES string of the molecule is CCNC1C[C@@H](COC(C)C)N(C(C)C)C1. The largest absolute Gasteiger partial charge is 0.377 e. The maximum Gasteiger partial charge on any atom is 0.0626 e. The van der Waals surface area contributed by atoms with Crippen molar-refractivity contribution in [1.29, 1.82) is 0 Å². The average molecular weight is 228 g/mol.